The number of nitrogens with one attached hydrogen (secondary N) is 1. The highest BCUT2D eigenvalue weighted by Crippen LogP contribution is 2.31. The number of amides is 1. The summed E-state index contributed by atoms with van der Waals surface area (Å²) in [6.45, 7) is 8.78. The number of esters is 1. The Balaban J connectivity index is 1.34. The van der Waals surface area contributed by atoms with Crippen LogP contribution in [-0.4, -0.2) is 16.9 Å². The number of benzene rings is 4. The van der Waals surface area contributed by atoms with Crippen molar-refractivity contribution < 1.29 is 14.3 Å². The molecule has 4 aromatic carbocycles. The summed E-state index contributed by atoms with van der Waals surface area (Å²) in [5.74, 6) is -0.190. The van der Waals surface area contributed by atoms with Crippen molar-refractivity contribution in [2.75, 3.05) is 5.32 Å². The number of anilines is 1. The number of pyridine rings is 1. The quantitative estimate of drug-likeness (QED) is 0.226. The van der Waals surface area contributed by atoms with Crippen LogP contribution in [-0.2, 0) is 16.8 Å². The van der Waals surface area contributed by atoms with Gasteiger partial charge in [0.05, 0.1) is 11.1 Å². The summed E-state index contributed by atoms with van der Waals surface area (Å²) in [6.07, 6.45) is 0. The monoisotopic (exact) mass is 528 g/mol. The van der Waals surface area contributed by atoms with Crippen LogP contribution in [0.3, 0.4) is 0 Å². The Morgan fingerprint density at radius 3 is 2.30 bits per heavy atom. The summed E-state index contributed by atoms with van der Waals surface area (Å²) in [7, 11) is 0. The molecule has 5 rings (SSSR count). The Labute approximate surface area is 234 Å². The topological polar surface area (TPSA) is 68.3 Å². The average molecular weight is 529 g/mol. The van der Waals surface area contributed by atoms with E-state index in [0.29, 0.717) is 22.5 Å². The fraction of sp³-hybridized carbons (Fsp3) is 0.171. The highest BCUT2D eigenvalue weighted by Gasteiger charge is 2.18. The van der Waals surface area contributed by atoms with E-state index in [0.717, 1.165) is 27.6 Å². The van der Waals surface area contributed by atoms with Gasteiger partial charge in [0.25, 0.3) is 5.91 Å². The smallest absolute Gasteiger partial charge is 0.338 e. The number of nitrogens with zero attached hydrogens (tertiary/aromatic N) is 1. The molecule has 0 fully saturated rings. The first-order valence-corrected chi connectivity index (χ1v) is 13.3. The van der Waals surface area contributed by atoms with Gasteiger partial charge in [0, 0.05) is 10.9 Å². The molecular formula is C35H32N2O3. The molecule has 5 aromatic rings. The number of hydrogen-bond acceptors (Lipinski definition) is 4. The fourth-order valence-electron chi connectivity index (χ4n) is 4.69. The van der Waals surface area contributed by atoms with Gasteiger partial charge in [0.2, 0.25) is 0 Å². The van der Waals surface area contributed by atoms with E-state index < -0.39 is 5.97 Å². The van der Waals surface area contributed by atoms with Gasteiger partial charge in [-0.05, 0) is 76.6 Å². The summed E-state index contributed by atoms with van der Waals surface area (Å²) in [4.78, 5) is 30.6. The zero-order chi connectivity index (χ0) is 28.3. The highest BCUT2D eigenvalue weighted by molar-refractivity contribution is 6.09. The summed E-state index contributed by atoms with van der Waals surface area (Å²) in [5.41, 5.74) is 6.84. The molecule has 0 atom stereocenters. The van der Waals surface area contributed by atoms with E-state index in [1.807, 2.05) is 61.5 Å². The number of aryl methyl sites for hydroxylation is 1. The van der Waals surface area contributed by atoms with Gasteiger partial charge < -0.3 is 10.1 Å². The Morgan fingerprint density at radius 2 is 1.57 bits per heavy atom. The first kappa shape index (κ1) is 26.8. The molecule has 0 bridgehead atoms. The van der Waals surface area contributed by atoms with Crippen LogP contribution >= 0.6 is 0 Å². The van der Waals surface area contributed by atoms with E-state index in [-0.39, 0.29) is 17.9 Å². The molecule has 1 amide bonds. The number of hydrogen-bond donors (Lipinski definition) is 1. The number of fused-ring (bicyclic) bond motifs is 1. The summed E-state index contributed by atoms with van der Waals surface area (Å²) < 4.78 is 5.45. The summed E-state index contributed by atoms with van der Waals surface area (Å²) in [5, 5.41) is 3.74. The number of carbonyl (C=O) groups excluding carboxylic acids is 2. The van der Waals surface area contributed by atoms with Gasteiger partial charge in [0.1, 0.15) is 12.4 Å². The molecule has 1 aromatic heterocycles. The van der Waals surface area contributed by atoms with E-state index in [4.69, 9.17) is 4.74 Å². The van der Waals surface area contributed by atoms with Crippen molar-refractivity contribution in [1.29, 1.82) is 0 Å². The van der Waals surface area contributed by atoms with Crippen LogP contribution in [0.5, 0.6) is 0 Å². The minimum atomic E-state index is -0.398. The fourth-order valence-corrected chi connectivity index (χ4v) is 4.69. The molecule has 0 aliphatic rings. The lowest BCUT2D eigenvalue weighted by atomic mass is 9.85. The lowest BCUT2D eigenvalue weighted by Gasteiger charge is -2.20. The lowest BCUT2D eigenvalue weighted by Crippen LogP contribution is -2.15. The Bertz CT molecular complexity index is 1680. The zero-order valence-corrected chi connectivity index (χ0v) is 23.2. The molecule has 5 heteroatoms. The molecule has 0 aliphatic heterocycles. The van der Waals surface area contributed by atoms with Crippen LogP contribution in [0.15, 0.2) is 103 Å². The predicted molar refractivity (Wildman–Crippen MR) is 161 cm³/mol. The minimum Gasteiger partial charge on any atom is -0.457 e. The molecule has 0 spiro atoms. The Hall–Kier alpha value is -4.77. The molecule has 0 radical (unpaired) electrons. The van der Waals surface area contributed by atoms with Crippen molar-refractivity contribution in [2.24, 2.45) is 0 Å². The number of ether oxygens (including phenoxy) is 1. The number of carbonyl (C=O) groups is 2. The van der Waals surface area contributed by atoms with E-state index in [9.17, 15) is 9.59 Å². The van der Waals surface area contributed by atoms with Crippen molar-refractivity contribution in [3.05, 3.63) is 131 Å². The zero-order valence-electron chi connectivity index (χ0n) is 23.2. The maximum Gasteiger partial charge on any atom is 0.338 e. The second-order valence-corrected chi connectivity index (χ2v) is 10.9. The van der Waals surface area contributed by atoms with Crippen LogP contribution in [0.2, 0.25) is 0 Å². The van der Waals surface area contributed by atoms with Gasteiger partial charge in [0.15, 0.2) is 0 Å². The molecular weight excluding hydrogens is 496 g/mol. The van der Waals surface area contributed by atoms with Gasteiger partial charge in [-0.2, -0.15) is 0 Å². The van der Waals surface area contributed by atoms with E-state index in [2.05, 4.69) is 55.3 Å². The largest absolute Gasteiger partial charge is 0.457 e. The SMILES string of the molecule is Cc1cccc(C(=O)Nc2ccc3cc(C(=O)OCc4ccccc4)ccc3n2)c1-c1ccc(C(C)(C)C)cc1. The van der Waals surface area contributed by atoms with Crippen molar-refractivity contribution in [3.63, 3.8) is 0 Å². The summed E-state index contributed by atoms with van der Waals surface area (Å²) in [6, 6.07) is 32.5. The van der Waals surface area contributed by atoms with Crippen LogP contribution in [0, 0.1) is 6.92 Å². The van der Waals surface area contributed by atoms with Gasteiger partial charge in [-0.1, -0.05) is 87.5 Å². The van der Waals surface area contributed by atoms with Crippen molar-refractivity contribution in [1.82, 2.24) is 4.98 Å². The third-order valence-electron chi connectivity index (χ3n) is 6.94. The third kappa shape index (κ3) is 5.94. The van der Waals surface area contributed by atoms with Crippen LogP contribution < -0.4 is 5.32 Å². The van der Waals surface area contributed by atoms with E-state index >= 15 is 0 Å². The van der Waals surface area contributed by atoms with Gasteiger partial charge in [-0.15, -0.1) is 0 Å². The molecule has 1 heterocycles. The maximum atomic E-state index is 13.4. The lowest BCUT2D eigenvalue weighted by molar-refractivity contribution is 0.0473. The van der Waals surface area contributed by atoms with E-state index in [1.54, 1.807) is 24.3 Å². The van der Waals surface area contributed by atoms with Gasteiger partial charge >= 0.3 is 5.97 Å². The highest BCUT2D eigenvalue weighted by atomic mass is 16.5. The van der Waals surface area contributed by atoms with E-state index in [1.165, 1.54) is 5.56 Å². The maximum absolute atomic E-state index is 13.4. The molecule has 0 unspecified atom stereocenters. The van der Waals surface area contributed by atoms with Crippen molar-refractivity contribution >= 4 is 28.6 Å². The molecule has 0 saturated heterocycles. The molecule has 1 N–H and O–H groups in total. The number of aromatic nitrogens is 1. The van der Waals surface area contributed by atoms with Gasteiger partial charge in [-0.3, -0.25) is 4.79 Å². The molecule has 0 saturated carbocycles. The minimum absolute atomic E-state index is 0.0510. The first-order chi connectivity index (χ1) is 19.2. The van der Waals surface area contributed by atoms with Crippen LogP contribution in [0.25, 0.3) is 22.0 Å². The molecule has 200 valence electrons. The average Bonchev–Trinajstić information content (AvgIpc) is 2.95. The normalized spacial score (nSPS) is 11.3. The Kier molecular flexibility index (Phi) is 7.47. The van der Waals surface area contributed by atoms with Crippen LogP contribution in [0.1, 0.15) is 58.2 Å². The Morgan fingerprint density at radius 1 is 0.825 bits per heavy atom. The van der Waals surface area contributed by atoms with Crippen molar-refractivity contribution in [2.45, 2.75) is 39.7 Å². The second-order valence-electron chi connectivity index (χ2n) is 10.9. The molecule has 0 aliphatic carbocycles. The van der Waals surface area contributed by atoms with Gasteiger partial charge in [-0.25, -0.2) is 9.78 Å². The molecule has 5 nitrogen and oxygen atoms in total. The predicted octanol–water partition coefficient (Wildman–Crippen LogP) is 8.12. The second kappa shape index (κ2) is 11.1. The molecule has 40 heavy (non-hydrogen) atoms. The third-order valence-corrected chi connectivity index (χ3v) is 6.94. The summed E-state index contributed by atoms with van der Waals surface area (Å²) >= 11 is 0. The first-order valence-electron chi connectivity index (χ1n) is 13.3. The van der Waals surface area contributed by atoms with Crippen LogP contribution in [0.4, 0.5) is 5.82 Å². The van der Waals surface area contributed by atoms with Crippen molar-refractivity contribution in [3.8, 4) is 11.1 Å². The number of rotatable bonds is 6. The standard InChI is InChI=1S/C35H32N2O3/c1-23-9-8-12-29(32(23)25-13-17-28(18-14-25)35(2,3)4)33(38)37-31-20-16-26-21-27(15-19-30(26)36-31)34(39)40-22-24-10-6-5-7-11-24/h5-21H,22H2,1-4H3,(H,36,37,38).